The second kappa shape index (κ2) is 4.84. The molecule has 0 radical (unpaired) electrons. The molecule has 102 valence electrons. The average molecular weight is 266 g/mol. The molecule has 3 unspecified atom stereocenters. The van der Waals surface area contributed by atoms with Crippen molar-refractivity contribution >= 4 is 12.2 Å². The lowest BCUT2D eigenvalue weighted by molar-refractivity contribution is 0.204. The van der Waals surface area contributed by atoms with Crippen molar-refractivity contribution in [2.75, 3.05) is 0 Å². The van der Waals surface area contributed by atoms with Crippen molar-refractivity contribution in [1.29, 1.82) is 0 Å². The van der Waals surface area contributed by atoms with Gasteiger partial charge in [-0.2, -0.15) is 0 Å². The highest BCUT2D eigenvalue weighted by Crippen LogP contribution is 2.38. The Hall–Kier alpha value is -0.570. The zero-order chi connectivity index (χ0) is 13.5. The van der Waals surface area contributed by atoms with Crippen LogP contribution in [0.4, 0.5) is 0 Å². The van der Waals surface area contributed by atoms with E-state index < -0.39 is 0 Å². The SMILES string of the molecule is CC1CCC(n2c(C(C)(C)C)c[nH]c2=S)CC1C. The zero-order valence-electron chi connectivity index (χ0n) is 12.3. The van der Waals surface area contributed by atoms with Crippen LogP contribution in [0.1, 0.15) is 65.6 Å². The van der Waals surface area contributed by atoms with E-state index in [1.54, 1.807) is 0 Å². The highest BCUT2D eigenvalue weighted by atomic mass is 32.1. The molecule has 1 aromatic rings. The summed E-state index contributed by atoms with van der Waals surface area (Å²) in [5.74, 6) is 1.65. The molecule has 2 rings (SSSR count). The first kappa shape index (κ1) is 13.9. The van der Waals surface area contributed by atoms with Crippen molar-refractivity contribution in [3.63, 3.8) is 0 Å². The summed E-state index contributed by atoms with van der Waals surface area (Å²) in [4.78, 5) is 3.24. The van der Waals surface area contributed by atoms with E-state index in [0.29, 0.717) is 6.04 Å². The first-order valence-electron chi connectivity index (χ1n) is 7.11. The van der Waals surface area contributed by atoms with Crippen LogP contribution < -0.4 is 0 Å². The summed E-state index contributed by atoms with van der Waals surface area (Å²) in [7, 11) is 0. The Balaban J connectivity index is 2.34. The van der Waals surface area contributed by atoms with Gasteiger partial charge < -0.3 is 9.55 Å². The molecule has 1 saturated carbocycles. The maximum atomic E-state index is 5.50. The molecular weight excluding hydrogens is 240 g/mol. The molecule has 0 amide bonds. The predicted octanol–water partition coefficient (Wildman–Crippen LogP) is 4.84. The van der Waals surface area contributed by atoms with Crippen LogP contribution >= 0.6 is 12.2 Å². The van der Waals surface area contributed by atoms with Crippen LogP contribution in [0.5, 0.6) is 0 Å². The summed E-state index contributed by atoms with van der Waals surface area (Å²) in [6.45, 7) is 11.5. The van der Waals surface area contributed by atoms with Crippen LogP contribution in [0, 0.1) is 16.6 Å². The Morgan fingerprint density at radius 1 is 1.22 bits per heavy atom. The van der Waals surface area contributed by atoms with E-state index >= 15 is 0 Å². The van der Waals surface area contributed by atoms with Crippen molar-refractivity contribution in [2.24, 2.45) is 11.8 Å². The summed E-state index contributed by atoms with van der Waals surface area (Å²) in [6.07, 6.45) is 5.95. The Morgan fingerprint density at radius 2 is 1.89 bits per heavy atom. The Morgan fingerprint density at radius 3 is 2.44 bits per heavy atom. The van der Waals surface area contributed by atoms with Gasteiger partial charge in [-0.15, -0.1) is 0 Å². The molecule has 3 atom stereocenters. The number of aromatic amines is 1. The molecular formula is C15H26N2S. The molecule has 18 heavy (non-hydrogen) atoms. The third-order valence-electron chi connectivity index (χ3n) is 4.51. The average Bonchev–Trinajstić information content (AvgIpc) is 2.64. The molecule has 0 bridgehead atoms. The summed E-state index contributed by atoms with van der Waals surface area (Å²) in [5.41, 5.74) is 1.50. The molecule has 2 nitrogen and oxygen atoms in total. The summed E-state index contributed by atoms with van der Waals surface area (Å²) < 4.78 is 3.28. The van der Waals surface area contributed by atoms with E-state index in [-0.39, 0.29) is 5.41 Å². The van der Waals surface area contributed by atoms with Crippen LogP contribution in [0.2, 0.25) is 0 Å². The summed E-state index contributed by atoms with van der Waals surface area (Å²) >= 11 is 5.50. The van der Waals surface area contributed by atoms with Crippen LogP contribution in [0.25, 0.3) is 0 Å². The molecule has 0 aromatic carbocycles. The second-order valence-corrected chi connectivity index (χ2v) is 7.41. The molecule has 0 saturated heterocycles. The number of aromatic nitrogens is 2. The lowest BCUT2D eigenvalue weighted by Crippen LogP contribution is -2.27. The number of nitrogens with one attached hydrogen (secondary N) is 1. The molecule has 1 heterocycles. The Labute approximate surface area is 116 Å². The Bertz CT molecular complexity index is 464. The maximum Gasteiger partial charge on any atom is 0.177 e. The van der Waals surface area contributed by atoms with E-state index in [1.165, 1.54) is 25.0 Å². The van der Waals surface area contributed by atoms with E-state index in [4.69, 9.17) is 12.2 Å². The predicted molar refractivity (Wildman–Crippen MR) is 79.5 cm³/mol. The lowest BCUT2D eigenvalue weighted by Gasteiger charge is -2.35. The maximum absolute atomic E-state index is 5.50. The smallest absolute Gasteiger partial charge is 0.177 e. The van der Waals surface area contributed by atoms with Gasteiger partial charge in [0.1, 0.15) is 0 Å². The van der Waals surface area contributed by atoms with Gasteiger partial charge >= 0.3 is 0 Å². The largest absolute Gasteiger partial charge is 0.337 e. The monoisotopic (exact) mass is 266 g/mol. The molecule has 1 N–H and O–H groups in total. The van der Waals surface area contributed by atoms with Gasteiger partial charge in [-0.3, -0.25) is 0 Å². The van der Waals surface area contributed by atoms with Crippen LogP contribution in [0.3, 0.4) is 0 Å². The van der Waals surface area contributed by atoms with Gasteiger partial charge in [0.05, 0.1) is 0 Å². The first-order valence-corrected chi connectivity index (χ1v) is 7.52. The quantitative estimate of drug-likeness (QED) is 0.721. The third-order valence-corrected chi connectivity index (χ3v) is 4.83. The molecule has 0 aliphatic heterocycles. The minimum atomic E-state index is 0.153. The lowest BCUT2D eigenvalue weighted by atomic mass is 9.78. The van der Waals surface area contributed by atoms with Gasteiger partial charge in [0.2, 0.25) is 0 Å². The number of imidazole rings is 1. The zero-order valence-corrected chi connectivity index (χ0v) is 13.1. The summed E-state index contributed by atoms with van der Waals surface area (Å²) in [5, 5.41) is 0. The van der Waals surface area contributed by atoms with E-state index in [9.17, 15) is 0 Å². The van der Waals surface area contributed by atoms with Crippen molar-refractivity contribution in [2.45, 2.75) is 65.3 Å². The number of hydrogen-bond donors (Lipinski definition) is 1. The highest BCUT2D eigenvalue weighted by Gasteiger charge is 2.29. The van der Waals surface area contributed by atoms with Crippen molar-refractivity contribution < 1.29 is 0 Å². The van der Waals surface area contributed by atoms with Gasteiger partial charge in [-0.05, 0) is 43.3 Å². The minimum Gasteiger partial charge on any atom is -0.337 e. The third kappa shape index (κ3) is 2.56. The van der Waals surface area contributed by atoms with Crippen molar-refractivity contribution in [3.8, 4) is 0 Å². The second-order valence-electron chi connectivity index (χ2n) is 7.02. The van der Waals surface area contributed by atoms with Crippen molar-refractivity contribution in [1.82, 2.24) is 9.55 Å². The Kier molecular flexibility index (Phi) is 3.72. The minimum absolute atomic E-state index is 0.153. The standard InChI is InChI=1S/C15H26N2S/c1-10-6-7-12(8-11(10)2)17-13(15(3,4)5)9-16-14(17)18/h9-12H,6-8H2,1-5H3,(H,16,18). The fourth-order valence-electron chi connectivity index (χ4n) is 3.07. The molecule has 1 aliphatic rings. The van der Waals surface area contributed by atoms with Crippen molar-refractivity contribution in [3.05, 3.63) is 16.7 Å². The topological polar surface area (TPSA) is 20.7 Å². The number of hydrogen-bond acceptors (Lipinski definition) is 1. The van der Waals surface area contributed by atoms with E-state index in [1.807, 2.05) is 0 Å². The normalized spacial score (nSPS) is 29.5. The van der Waals surface area contributed by atoms with Gasteiger partial charge in [-0.25, -0.2) is 0 Å². The number of nitrogens with zero attached hydrogens (tertiary/aromatic N) is 1. The number of rotatable bonds is 1. The molecule has 1 aliphatic carbocycles. The van der Waals surface area contributed by atoms with Crippen LogP contribution in [0.15, 0.2) is 6.20 Å². The fraction of sp³-hybridized carbons (Fsp3) is 0.800. The van der Waals surface area contributed by atoms with E-state index in [0.717, 1.165) is 16.6 Å². The summed E-state index contributed by atoms with van der Waals surface area (Å²) in [6, 6.07) is 0.587. The highest BCUT2D eigenvalue weighted by molar-refractivity contribution is 7.71. The number of H-pyrrole nitrogens is 1. The fourth-order valence-corrected chi connectivity index (χ4v) is 3.38. The van der Waals surface area contributed by atoms with Gasteiger partial charge in [-0.1, -0.05) is 34.6 Å². The van der Waals surface area contributed by atoms with Gasteiger partial charge in [0.25, 0.3) is 0 Å². The molecule has 3 heteroatoms. The van der Waals surface area contributed by atoms with E-state index in [2.05, 4.69) is 50.4 Å². The molecule has 1 aromatic heterocycles. The van der Waals surface area contributed by atoms with Gasteiger partial charge in [0, 0.05) is 23.3 Å². The molecule has 1 fully saturated rings. The van der Waals surface area contributed by atoms with Gasteiger partial charge in [0.15, 0.2) is 4.77 Å². The van der Waals surface area contributed by atoms with Crippen LogP contribution in [-0.2, 0) is 5.41 Å². The first-order chi connectivity index (χ1) is 8.30. The molecule has 0 spiro atoms. The van der Waals surface area contributed by atoms with Crippen LogP contribution in [-0.4, -0.2) is 9.55 Å².